The Morgan fingerprint density at radius 2 is 2.12 bits per heavy atom. The van der Waals surface area contributed by atoms with Crippen molar-refractivity contribution in [3.8, 4) is 0 Å². The first-order valence-electron chi connectivity index (χ1n) is 6.42. The maximum absolute atomic E-state index is 5.72. The van der Waals surface area contributed by atoms with Gasteiger partial charge in [0.05, 0.1) is 0 Å². The maximum atomic E-state index is 5.72. The van der Waals surface area contributed by atoms with Crippen LogP contribution in [-0.2, 0) is 13.0 Å². The summed E-state index contributed by atoms with van der Waals surface area (Å²) < 4.78 is 2.32. The Labute approximate surface area is 97.2 Å². The molecule has 4 heteroatoms. The van der Waals surface area contributed by atoms with E-state index in [1.54, 1.807) is 0 Å². The standard InChI is InChI=1S/C12H22N4/c1-3-10(4-2)12-15-14-11-7-9(8-13)5-6-16(11)12/h9-10H,3-8,13H2,1-2H3. The van der Waals surface area contributed by atoms with Gasteiger partial charge in [-0.3, -0.25) is 0 Å². The third-order valence-electron chi connectivity index (χ3n) is 3.77. The Hall–Kier alpha value is -0.900. The fourth-order valence-corrected chi connectivity index (χ4v) is 2.57. The molecule has 2 N–H and O–H groups in total. The Morgan fingerprint density at radius 3 is 2.75 bits per heavy atom. The zero-order chi connectivity index (χ0) is 11.5. The van der Waals surface area contributed by atoms with Crippen LogP contribution in [0.5, 0.6) is 0 Å². The molecule has 0 aliphatic carbocycles. The van der Waals surface area contributed by atoms with Crippen molar-refractivity contribution < 1.29 is 0 Å². The number of nitrogens with zero attached hydrogens (tertiary/aromatic N) is 3. The van der Waals surface area contributed by atoms with Gasteiger partial charge in [0.2, 0.25) is 0 Å². The number of aromatic nitrogens is 3. The van der Waals surface area contributed by atoms with E-state index in [2.05, 4.69) is 28.6 Å². The van der Waals surface area contributed by atoms with Crippen LogP contribution in [0.25, 0.3) is 0 Å². The van der Waals surface area contributed by atoms with E-state index in [0.717, 1.165) is 38.2 Å². The van der Waals surface area contributed by atoms with Crippen LogP contribution in [0.3, 0.4) is 0 Å². The van der Waals surface area contributed by atoms with Crippen LogP contribution in [0.1, 0.15) is 50.7 Å². The van der Waals surface area contributed by atoms with Gasteiger partial charge < -0.3 is 10.3 Å². The predicted octanol–water partition coefficient (Wildman–Crippen LogP) is 1.70. The fourth-order valence-electron chi connectivity index (χ4n) is 2.57. The molecule has 0 spiro atoms. The van der Waals surface area contributed by atoms with Gasteiger partial charge in [0, 0.05) is 18.9 Å². The van der Waals surface area contributed by atoms with Gasteiger partial charge in [0.15, 0.2) is 0 Å². The van der Waals surface area contributed by atoms with Gasteiger partial charge in [-0.2, -0.15) is 0 Å². The van der Waals surface area contributed by atoms with E-state index in [4.69, 9.17) is 5.73 Å². The molecule has 16 heavy (non-hydrogen) atoms. The second-order valence-corrected chi connectivity index (χ2v) is 4.73. The minimum absolute atomic E-state index is 0.565. The maximum Gasteiger partial charge on any atom is 0.136 e. The highest BCUT2D eigenvalue weighted by molar-refractivity contribution is 5.05. The van der Waals surface area contributed by atoms with Gasteiger partial charge in [-0.1, -0.05) is 13.8 Å². The molecule has 0 saturated carbocycles. The van der Waals surface area contributed by atoms with Crippen molar-refractivity contribution in [2.24, 2.45) is 11.7 Å². The summed E-state index contributed by atoms with van der Waals surface area (Å²) in [4.78, 5) is 0. The number of nitrogens with two attached hydrogens (primary N) is 1. The molecule has 0 aromatic carbocycles. The summed E-state index contributed by atoms with van der Waals surface area (Å²) in [5, 5.41) is 8.71. The number of hydrogen-bond donors (Lipinski definition) is 1. The molecule has 4 nitrogen and oxygen atoms in total. The van der Waals surface area contributed by atoms with Crippen molar-refractivity contribution in [2.75, 3.05) is 6.54 Å². The summed E-state index contributed by atoms with van der Waals surface area (Å²) in [5.74, 6) is 3.50. The third kappa shape index (κ3) is 1.98. The molecular formula is C12H22N4. The lowest BCUT2D eigenvalue weighted by Gasteiger charge is -2.23. The Balaban J connectivity index is 2.22. The van der Waals surface area contributed by atoms with Gasteiger partial charge in [-0.05, 0) is 31.7 Å². The molecule has 1 atom stereocenters. The van der Waals surface area contributed by atoms with Crippen molar-refractivity contribution in [3.05, 3.63) is 11.6 Å². The van der Waals surface area contributed by atoms with E-state index in [1.807, 2.05) is 0 Å². The largest absolute Gasteiger partial charge is 0.330 e. The lowest BCUT2D eigenvalue weighted by Crippen LogP contribution is -2.26. The van der Waals surface area contributed by atoms with Crippen LogP contribution >= 0.6 is 0 Å². The molecule has 2 heterocycles. The summed E-state index contributed by atoms with van der Waals surface area (Å²) in [7, 11) is 0. The van der Waals surface area contributed by atoms with Crippen molar-refractivity contribution in [2.45, 2.75) is 52.0 Å². The molecule has 0 bridgehead atoms. The lowest BCUT2D eigenvalue weighted by atomic mass is 9.96. The van der Waals surface area contributed by atoms with E-state index >= 15 is 0 Å². The minimum atomic E-state index is 0.565. The molecular weight excluding hydrogens is 200 g/mol. The first-order valence-corrected chi connectivity index (χ1v) is 6.42. The van der Waals surface area contributed by atoms with Crippen molar-refractivity contribution in [1.29, 1.82) is 0 Å². The van der Waals surface area contributed by atoms with E-state index in [1.165, 1.54) is 12.2 Å². The van der Waals surface area contributed by atoms with Crippen molar-refractivity contribution in [1.82, 2.24) is 14.8 Å². The van der Waals surface area contributed by atoms with Crippen molar-refractivity contribution >= 4 is 0 Å². The van der Waals surface area contributed by atoms with Gasteiger partial charge in [-0.15, -0.1) is 10.2 Å². The molecule has 0 fully saturated rings. The summed E-state index contributed by atoms with van der Waals surface area (Å²) in [6.07, 6.45) is 4.47. The van der Waals surface area contributed by atoms with Gasteiger partial charge >= 0.3 is 0 Å². The van der Waals surface area contributed by atoms with Gasteiger partial charge in [-0.25, -0.2) is 0 Å². The van der Waals surface area contributed by atoms with E-state index in [9.17, 15) is 0 Å². The van der Waals surface area contributed by atoms with Crippen molar-refractivity contribution in [3.63, 3.8) is 0 Å². The highest BCUT2D eigenvalue weighted by atomic mass is 15.3. The van der Waals surface area contributed by atoms with Crippen LogP contribution in [0.4, 0.5) is 0 Å². The summed E-state index contributed by atoms with van der Waals surface area (Å²) in [6, 6.07) is 0. The monoisotopic (exact) mass is 222 g/mol. The Bertz CT molecular complexity index is 341. The molecule has 1 aromatic heterocycles. The SMILES string of the molecule is CCC(CC)c1nnc2n1CCC(CN)C2. The zero-order valence-electron chi connectivity index (χ0n) is 10.3. The molecule has 1 unspecified atom stereocenters. The number of hydrogen-bond acceptors (Lipinski definition) is 3. The van der Waals surface area contributed by atoms with E-state index < -0.39 is 0 Å². The van der Waals surface area contributed by atoms with Crippen LogP contribution in [0.2, 0.25) is 0 Å². The summed E-state index contributed by atoms with van der Waals surface area (Å²) in [6.45, 7) is 6.27. The first kappa shape index (κ1) is 11.6. The van der Waals surface area contributed by atoms with Crippen LogP contribution in [-0.4, -0.2) is 21.3 Å². The molecule has 1 aromatic rings. The molecule has 0 radical (unpaired) electrons. The minimum Gasteiger partial charge on any atom is -0.330 e. The van der Waals surface area contributed by atoms with E-state index in [0.29, 0.717) is 11.8 Å². The number of fused-ring (bicyclic) bond motifs is 1. The Morgan fingerprint density at radius 1 is 1.38 bits per heavy atom. The highest BCUT2D eigenvalue weighted by Crippen LogP contribution is 2.26. The predicted molar refractivity (Wildman–Crippen MR) is 64.2 cm³/mol. The van der Waals surface area contributed by atoms with Gasteiger partial charge in [0.1, 0.15) is 11.6 Å². The average molecular weight is 222 g/mol. The molecule has 1 aliphatic rings. The van der Waals surface area contributed by atoms with Gasteiger partial charge in [0.25, 0.3) is 0 Å². The Kier molecular flexibility index (Phi) is 3.59. The highest BCUT2D eigenvalue weighted by Gasteiger charge is 2.24. The molecule has 0 saturated heterocycles. The molecule has 90 valence electrons. The summed E-state index contributed by atoms with van der Waals surface area (Å²) >= 11 is 0. The first-order chi connectivity index (χ1) is 7.80. The molecule has 0 amide bonds. The smallest absolute Gasteiger partial charge is 0.136 e. The quantitative estimate of drug-likeness (QED) is 0.843. The molecule has 2 rings (SSSR count). The second kappa shape index (κ2) is 4.95. The fraction of sp³-hybridized carbons (Fsp3) is 0.833. The summed E-state index contributed by atoms with van der Waals surface area (Å²) in [5.41, 5.74) is 5.72. The average Bonchev–Trinajstić information content (AvgIpc) is 2.74. The third-order valence-corrected chi connectivity index (χ3v) is 3.77. The van der Waals surface area contributed by atoms with Crippen LogP contribution < -0.4 is 5.73 Å². The second-order valence-electron chi connectivity index (χ2n) is 4.73. The van der Waals surface area contributed by atoms with E-state index in [-0.39, 0.29) is 0 Å². The zero-order valence-corrected chi connectivity index (χ0v) is 10.3. The molecule has 1 aliphatic heterocycles. The lowest BCUT2D eigenvalue weighted by molar-refractivity contribution is 0.377. The van der Waals surface area contributed by atoms with Crippen LogP contribution in [0, 0.1) is 5.92 Å². The topological polar surface area (TPSA) is 56.7 Å². The van der Waals surface area contributed by atoms with Crippen LogP contribution in [0.15, 0.2) is 0 Å². The normalized spacial score (nSPS) is 20.1. The number of rotatable bonds is 4.